The fraction of sp³-hybridized carbons (Fsp3) is 0.400. The Labute approximate surface area is 158 Å². The molecule has 1 fully saturated rings. The van der Waals surface area contributed by atoms with Crippen LogP contribution in [-0.4, -0.2) is 61.1 Å². The first-order chi connectivity index (χ1) is 13.2. The maximum atomic E-state index is 12.6. The van der Waals surface area contributed by atoms with Gasteiger partial charge in [-0.05, 0) is 24.6 Å². The van der Waals surface area contributed by atoms with Gasteiger partial charge in [0.05, 0.1) is 25.5 Å². The normalized spacial score (nSPS) is 15.4. The molecule has 1 aromatic heterocycles. The van der Waals surface area contributed by atoms with Gasteiger partial charge in [0.15, 0.2) is 0 Å². The van der Waals surface area contributed by atoms with E-state index in [9.17, 15) is 9.59 Å². The number of carbonyl (C=O) groups is 2. The predicted molar refractivity (Wildman–Crippen MR) is 100 cm³/mol. The lowest BCUT2D eigenvalue weighted by molar-refractivity contribution is -0.131. The van der Waals surface area contributed by atoms with Gasteiger partial charge in [-0.25, -0.2) is 4.79 Å². The average molecular weight is 371 g/mol. The van der Waals surface area contributed by atoms with Crippen LogP contribution < -0.4 is 5.32 Å². The van der Waals surface area contributed by atoms with Crippen LogP contribution in [-0.2, 0) is 9.53 Å². The second-order valence-corrected chi connectivity index (χ2v) is 6.31. The Kier molecular flexibility index (Phi) is 6.49. The molecule has 0 bridgehead atoms. The average Bonchev–Trinajstić information content (AvgIpc) is 3.23. The van der Waals surface area contributed by atoms with E-state index in [0.29, 0.717) is 32.8 Å². The lowest BCUT2D eigenvalue weighted by Crippen LogP contribution is -2.52. The van der Waals surface area contributed by atoms with Gasteiger partial charge >= 0.3 is 6.09 Å². The third kappa shape index (κ3) is 4.89. The van der Waals surface area contributed by atoms with Crippen molar-refractivity contribution in [1.29, 1.82) is 0 Å². The summed E-state index contributed by atoms with van der Waals surface area (Å²) >= 11 is 0. The van der Waals surface area contributed by atoms with Crippen molar-refractivity contribution in [3.63, 3.8) is 0 Å². The predicted octanol–water partition coefficient (Wildman–Crippen LogP) is 2.26. The molecule has 0 aliphatic carbocycles. The van der Waals surface area contributed by atoms with Gasteiger partial charge < -0.3 is 19.0 Å². The fourth-order valence-corrected chi connectivity index (χ4v) is 3.14. The van der Waals surface area contributed by atoms with Gasteiger partial charge in [0.25, 0.3) is 0 Å². The van der Waals surface area contributed by atoms with E-state index >= 15 is 0 Å². The molecule has 0 spiro atoms. The van der Waals surface area contributed by atoms with Crippen LogP contribution in [0.15, 0.2) is 53.1 Å². The summed E-state index contributed by atoms with van der Waals surface area (Å²) in [5.74, 6) is 0.770. The molecule has 0 radical (unpaired) electrons. The van der Waals surface area contributed by atoms with Crippen LogP contribution in [0.2, 0.25) is 0 Å². The van der Waals surface area contributed by atoms with E-state index in [-0.39, 0.29) is 24.6 Å². The van der Waals surface area contributed by atoms with Crippen LogP contribution in [0.4, 0.5) is 4.79 Å². The molecule has 1 saturated heterocycles. The number of nitrogens with one attached hydrogen (secondary N) is 1. The van der Waals surface area contributed by atoms with Crippen LogP contribution in [0.25, 0.3) is 0 Å². The summed E-state index contributed by atoms with van der Waals surface area (Å²) in [6.45, 7) is 4.34. The molecule has 1 aliphatic rings. The molecule has 0 saturated carbocycles. The molecular formula is C20H25N3O4. The van der Waals surface area contributed by atoms with Crippen molar-refractivity contribution in [1.82, 2.24) is 15.1 Å². The first kappa shape index (κ1) is 19.0. The van der Waals surface area contributed by atoms with E-state index < -0.39 is 0 Å². The number of nitrogens with zero attached hydrogens (tertiary/aromatic N) is 2. The van der Waals surface area contributed by atoms with Gasteiger partial charge in [-0.1, -0.05) is 30.3 Å². The van der Waals surface area contributed by atoms with E-state index in [4.69, 9.17) is 9.15 Å². The Morgan fingerprint density at radius 2 is 1.78 bits per heavy atom. The second-order valence-electron chi connectivity index (χ2n) is 6.31. The minimum absolute atomic E-state index is 0.00555. The molecule has 7 heteroatoms. The smallest absolute Gasteiger partial charge is 0.409 e. The zero-order valence-electron chi connectivity index (χ0n) is 15.5. The molecule has 3 rings (SSSR count). The highest BCUT2D eigenvalue weighted by Crippen LogP contribution is 2.22. The van der Waals surface area contributed by atoms with Crippen molar-refractivity contribution in [3.05, 3.63) is 60.1 Å². The summed E-state index contributed by atoms with van der Waals surface area (Å²) in [6, 6.07) is 13.4. The zero-order valence-corrected chi connectivity index (χ0v) is 15.5. The Morgan fingerprint density at radius 1 is 1.07 bits per heavy atom. The Bertz CT molecular complexity index is 725. The van der Waals surface area contributed by atoms with Crippen LogP contribution in [0, 0.1) is 0 Å². The topological polar surface area (TPSA) is 75.0 Å². The van der Waals surface area contributed by atoms with Gasteiger partial charge in [-0.3, -0.25) is 10.1 Å². The van der Waals surface area contributed by atoms with Crippen molar-refractivity contribution >= 4 is 12.0 Å². The Hall–Kier alpha value is -2.80. The van der Waals surface area contributed by atoms with Crippen LogP contribution in [0.5, 0.6) is 0 Å². The highest BCUT2D eigenvalue weighted by molar-refractivity contribution is 5.79. The van der Waals surface area contributed by atoms with Crippen molar-refractivity contribution in [2.75, 3.05) is 39.3 Å². The monoisotopic (exact) mass is 371 g/mol. The largest absolute Gasteiger partial charge is 0.467 e. The molecule has 27 heavy (non-hydrogen) atoms. The molecule has 0 unspecified atom stereocenters. The van der Waals surface area contributed by atoms with Crippen molar-refractivity contribution in [2.24, 2.45) is 0 Å². The maximum Gasteiger partial charge on any atom is 0.409 e. The van der Waals surface area contributed by atoms with E-state index in [0.717, 1.165) is 11.3 Å². The number of carbonyl (C=O) groups excluding carboxylic acids is 2. The fourth-order valence-electron chi connectivity index (χ4n) is 3.14. The molecule has 1 aliphatic heterocycles. The van der Waals surface area contributed by atoms with Gasteiger partial charge in [0, 0.05) is 26.2 Å². The summed E-state index contributed by atoms with van der Waals surface area (Å²) < 4.78 is 10.6. The Balaban J connectivity index is 1.55. The summed E-state index contributed by atoms with van der Waals surface area (Å²) in [4.78, 5) is 27.8. The van der Waals surface area contributed by atoms with Gasteiger partial charge in [0.1, 0.15) is 5.76 Å². The SMILES string of the molecule is CCOC(=O)N1CCN(C(=O)CN[C@H](c2ccccc2)c2ccco2)CC1. The summed E-state index contributed by atoms with van der Waals surface area (Å²) in [6.07, 6.45) is 1.31. The molecule has 2 amide bonds. The third-order valence-electron chi connectivity index (χ3n) is 4.58. The first-order valence-corrected chi connectivity index (χ1v) is 9.20. The molecule has 1 atom stereocenters. The van der Waals surface area contributed by atoms with E-state index in [1.165, 1.54) is 0 Å². The maximum absolute atomic E-state index is 12.6. The van der Waals surface area contributed by atoms with Crippen LogP contribution in [0.3, 0.4) is 0 Å². The molecular weight excluding hydrogens is 346 g/mol. The van der Waals surface area contributed by atoms with Crippen LogP contribution >= 0.6 is 0 Å². The van der Waals surface area contributed by atoms with E-state index in [1.54, 1.807) is 23.0 Å². The molecule has 7 nitrogen and oxygen atoms in total. The number of hydrogen-bond acceptors (Lipinski definition) is 5. The van der Waals surface area contributed by atoms with Gasteiger partial charge in [-0.15, -0.1) is 0 Å². The highest BCUT2D eigenvalue weighted by Gasteiger charge is 2.25. The number of rotatable bonds is 6. The highest BCUT2D eigenvalue weighted by atomic mass is 16.6. The molecule has 144 valence electrons. The number of furan rings is 1. The zero-order chi connectivity index (χ0) is 19.1. The number of benzene rings is 1. The van der Waals surface area contributed by atoms with E-state index in [2.05, 4.69) is 5.32 Å². The lowest BCUT2D eigenvalue weighted by atomic mass is 10.0. The summed E-state index contributed by atoms with van der Waals surface area (Å²) in [5, 5.41) is 3.30. The van der Waals surface area contributed by atoms with Crippen molar-refractivity contribution in [2.45, 2.75) is 13.0 Å². The molecule has 1 aromatic carbocycles. The van der Waals surface area contributed by atoms with Crippen molar-refractivity contribution in [3.8, 4) is 0 Å². The van der Waals surface area contributed by atoms with E-state index in [1.807, 2.05) is 42.5 Å². The second kappa shape index (κ2) is 9.23. The van der Waals surface area contributed by atoms with Crippen LogP contribution in [0.1, 0.15) is 24.3 Å². The number of hydrogen-bond donors (Lipinski definition) is 1. The quantitative estimate of drug-likeness (QED) is 0.843. The standard InChI is InChI=1S/C20H25N3O4/c1-2-26-20(25)23-12-10-22(11-13-23)18(24)15-21-19(17-9-6-14-27-17)16-7-4-3-5-8-16/h3-9,14,19,21H,2,10-13,15H2,1H3/t19-/m1/s1. The van der Waals surface area contributed by atoms with Gasteiger partial charge in [0.2, 0.25) is 5.91 Å². The lowest BCUT2D eigenvalue weighted by Gasteiger charge is -2.34. The molecule has 2 heterocycles. The number of ether oxygens (including phenoxy) is 1. The molecule has 1 N–H and O–H groups in total. The number of piperazine rings is 1. The Morgan fingerprint density at radius 3 is 2.41 bits per heavy atom. The number of amides is 2. The minimum Gasteiger partial charge on any atom is -0.467 e. The minimum atomic E-state index is -0.315. The molecule has 2 aromatic rings. The van der Waals surface area contributed by atoms with Gasteiger partial charge in [-0.2, -0.15) is 0 Å². The summed E-state index contributed by atoms with van der Waals surface area (Å²) in [7, 11) is 0. The summed E-state index contributed by atoms with van der Waals surface area (Å²) in [5.41, 5.74) is 1.03. The first-order valence-electron chi connectivity index (χ1n) is 9.20. The van der Waals surface area contributed by atoms with Crippen molar-refractivity contribution < 1.29 is 18.7 Å². The third-order valence-corrected chi connectivity index (χ3v) is 4.58.